The molecule has 2 fully saturated rings. The number of rotatable bonds is 0. The fourth-order valence-corrected chi connectivity index (χ4v) is 2.35. The van der Waals surface area contributed by atoms with Gasteiger partial charge in [0.25, 0.3) is 0 Å². The fraction of sp³-hybridized carbons (Fsp3) is 0.833. The van der Waals surface area contributed by atoms with E-state index in [0.29, 0.717) is 32.8 Å². The van der Waals surface area contributed by atoms with Gasteiger partial charge in [-0.1, -0.05) is 0 Å². The molecule has 6 heteroatoms. The Bertz CT molecular complexity index is 337. The molecule has 18 heavy (non-hydrogen) atoms. The van der Waals surface area contributed by atoms with Gasteiger partial charge in [-0.3, -0.25) is 9.59 Å². The number of carbonyl (C=O) groups is 2. The molecular weight excluding hydrogens is 234 g/mol. The van der Waals surface area contributed by atoms with Crippen LogP contribution in [0.1, 0.15) is 13.8 Å². The third-order valence-corrected chi connectivity index (χ3v) is 3.48. The molecule has 0 aliphatic carbocycles. The molecular formula is C12H21N3O3. The minimum Gasteiger partial charge on any atom is -0.377 e. The molecule has 0 unspecified atom stereocenters. The number of piperazine rings is 1. The Labute approximate surface area is 107 Å². The first-order valence-corrected chi connectivity index (χ1v) is 6.42. The molecule has 2 saturated heterocycles. The maximum atomic E-state index is 12.3. The number of nitrogens with one attached hydrogen (secondary N) is 1. The van der Waals surface area contributed by atoms with E-state index in [-0.39, 0.29) is 5.91 Å². The van der Waals surface area contributed by atoms with E-state index in [0.717, 1.165) is 13.1 Å². The van der Waals surface area contributed by atoms with Crippen molar-refractivity contribution < 1.29 is 14.3 Å². The Balaban J connectivity index is 2.03. The van der Waals surface area contributed by atoms with Crippen molar-refractivity contribution in [3.63, 3.8) is 0 Å². The average Bonchev–Trinajstić information content (AvgIpc) is 2.37. The van der Waals surface area contributed by atoms with Gasteiger partial charge < -0.3 is 19.9 Å². The molecule has 2 aliphatic heterocycles. The summed E-state index contributed by atoms with van der Waals surface area (Å²) in [5, 5.41) is 3.17. The van der Waals surface area contributed by atoms with Crippen molar-refractivity contribution >= 4 is 11.8 Å². The van der Waals surface area contributed by atoms with Crippen LogP contribution >= 0.6 is 0 Å². The minimum atomic E-state index is -0.404. The molecule has 2 rings (SSSR count). The third-order valence-electron chi connectivity index (χ3n) is 3.48. The first-order valence-electron chi connectivity index (χ1n) is 6.42. The highest BCUT2D eigenvalue weighted by molar-refractivity contribution is 6.35. The van der Waals surface area contributed by atoms with Crippen LogP contribution in [0, 0.1) is 0 Å². The van der Waals surface area contributed by atoms with E-state index >= 15 is 0 Å². The van der Waals surface area contributed by atoms with E-state index in [4.69, 9.17) is 4.74 Å². The Kier molecular flexibility index (Phi) is 3.87. The van der Waals surface area contributed by atoms with Crippen LogP contribution in [0.15, 0.2) is 0 Å². The number of hydrogen-bond donors (Lipinski definition) is 1. The Morgan fingerprint density at radius 2 is 1.78 bits per heavy atom. The standard InChI is InChI=1S/C12H21N3O3/c1-12(2)9-18-8-7-15(12)11(17)10(16)14-5-3-13-4-6-14/h13H,3-9H2,1-2H3. The van der Waals surface area contributed by atoms with Crippen molar-refractivity contribution in [3.8, 4) is 0 Å². The van der Waals surface area contributed by atoms with Gasteiger partial charge in [-0.2, -0.15) is 0 Å². The maximum absolute atomic E-state index is 12.3. The molecule has 0 spiro atoms. The van der Waals surface area contributed by atoms with E-state index in [2.05, 4.69) is 5.32 Å². The normalized spacial score (nSPS) is 23.9. The molecule has 2 heterocycles. The minimum absolute atomic E-state index is 0.383. The summed E-state index contributed by atoms with van der Waals surface area (Å²) in [4.78, 5) is 27.7. The van der Waals surface area contributed by atoms with Gasteiger partial charge in [-0.25, -0.2) is 0 Å². The van der Waals surface area contributed by atoms with E-state index < -0.39 is 11.4 Å². The SMILES string of the molecule is CC1(C)COCCN1C(=O)C(=O)N1CCNCC1. The summed E-state index contributed by atoms with van der Waals surface area (Å²) in [7, 11) is 0. The van der Waals surface area contributed by atoms with Crippen LogP contribution < -0.4 is 5.32 Å². The molecule has 0 saturated carbocycles. The molecule has 2 amide bonds. The number of hydrogen-bond acceptors (Lipinski definition) is 4. The van der Waals surface area contributed by atoms with Crippen molar-refractivity contribution in [2.45, 2.75) is 19.4 Å². The lowest BCUT2D eigenvalue weighted by atomic mass is 10.0. The topological polar surface area (TPSA) is 61.9 Å². The lowest BCUT2D eigenvalue weighted by Crippen LogP contribution is -2.60. The first kappa shape index (κ1) is 13.3. The van der Waals surface area contributed by atoms with Crippen LogP contribution in [-0.4, -0.2) is 73.1 Å². The van der Waals surface area contributed by atoms with Gasteiger partial charge >= 0.3 is 11.8 Å². The third kappa shape index (κ3) is 2.64. The molecule has 0 aromatic carbocycles. The second-order valence-corrected chi connectivity index (χ2v) is 5.36. The van der Waals surface area contributed by atoms with Crippen molar-refractivity contribution in [2.24, 2.45) is 0 Å². The lowest BCUT2D eigenvalue weighted by Gasteiger charge is -2.42. The smallest absolute Gasteiger partial charge is 0.312 e. The van der Waals surface area contributed by atoms with Crippen molar-refractivity contribution in [2.75, 3.05) is 45.9 Å². The molecule has 6 nitrogen and oxygen atoms in total. The summed E-state index contributed by atoms with van der Waals surface area (Å²) in [5.41, 5.74) is -0.404. The van der Waals surface area contributed by atoms with Crippen LogP contribution in [0.5, 0.6) is 0 Å². The van der Waals surface area contributed by atoms with Crippen LogP contribution in [0.2, 0.25) is 0 Å². The lowest BCUT2D eigenvalue weighted by molar-refractivity contribution is -0.161. The Morgan fingerprint density at radius 3 is 2.39 bits per heavy atom. The van der Waals surface area contributed by atoms with E-state index in [9.17, 15) is 9.59 Å². The molecule has 0 aromatic heterocycles. The highest BCUT2D eigenvalue weighted by Gasteiger charge is 2.38. The second-order valence-electron chi connectivity index (χ2n) is 5.36. The monoisotopic (exact) mass is 255 g/mol. The highest BCUT2D eigenvalue weighted by atomic mass is 16.5. The predicted octanol–water partition coefficient (Wildman–Crippen LogP) is -0.944. The Hall–Kier alpha value is -1.14. The van der Waals surface area contributed by atoms with E-state index in [1.807, 2.05) is 13.8 Å². The summed E-state index contributed by atoms with van der Waals surface area (Å²) in [6.07, 6.45) is 0. The van der Waals surface area contributed by atoms with Gasteiger partial charge in [-0.15, -0.1) is 0 Å². The van der Waals surface area contributed by atoms with Crippen LogP contribution in [-0.2, 0) is 14.3 Å². The summed E-state index contributed by atoms with van der Waals surface area (Å²) in [6, 6.07) is 0. The van der Waals surface area contributed by atoms with Crippen LogP contribution in [0.25, 0.3) is 0 Å². The van der Waals surface area contributed by atoms with E-state index in [1.54, 1.807) is 9.80 Å². The zero-order valence-electron chi connectivity index (χ0n) is 11.1. The predicted molar refractivity (Wildman–Crippen MR) is 66.1 cm³/mol. The summed E-state index contributed by atoms with van der Waals surface area (Å²) >= 11 is 0. The molecule has 1 N–H and O–H groups in total. The number of carbonyl (C=O) groups excluding carboxylic acids is 2. The zero-order valence-corrected chi connectivity index (χ0v) is 11.1. The van der Waals surface area contributed by atoms with Gasteiger partial charge in [-0.05, 0) is 13.8 Å². The average molecular weight is 255 g/mol. The van der Waals surface area contributed by atoms with Crippen molar-refractivity contribution in [3.05, 3.63) is 0 Å². The number of amides is 2. The summed E-state index contributed by atoms with van der Waals surface area (Å²) in [5.74, 6) is -0.781. The molecule has 0 bridgehead atoms. The van der Waals surface area contributed by atoms with Crippen molar-refractivity contribution in [1.29, 1.82) is 0 Å². The van der Waals surface area contributed by atoms with Gasteiger partial charge in [0.05, 0.1) is 18.8 Å². The Morgan fingerprint density at radius 1 is 1.11 bits per heavy atom. The quantitative estimate of drug-likeness (QED) is 0.567. The maximum Gasteiger partial charge on any atom is 0.312 e. The molecule has 2 aliphatic rings. The molecule has 0 atom stereocenters. The number of nitrogens with zero attached hydrogens (tertiary/aromatic N) is 2. The molecule has 0 aromatic rings. The number of morpholine rings is 1. The van der Waals surface area contributed by atoms with Gasteiger partial charge in [0.15, 0.2) is 0 Å². The molecule has 102 valence electrons. The van der Waals surface area contributed by atoms with Gasteiger partial charge in [0.2, 0.25) is 0 Å². The summed E-state index contributed by atoms with van der Waals surface area (Å²) in [6.45, 7) is 8.05. The molecule has 0 radical (unpaired) electrons. The zero-order chi connectivity index (χ0) is 13.2. The van der Waals surface area contributed by atoms with Gasteiger partial charge in [0, 0.05) is 32.7 Å². The largest absolute Gasteiger partial charge is 0.377 e. The first-order chi connectivity index (χ1) is 8.52. The fourth-order valence-electron chi connectivity index (χ4n) is 2.35. The van der Waals surface area contributed by atoms with Crippen LogP contribution in [0.4, 0.5) is 0 Å². The van der Waals surface area contributed by atoms with Crippen LogP contribution in [0.3, 0.4) is 0 Å². The summed E-state index contributed by atoms with van der Waals surface area (Å²) < 4.78 is 5.36. The van der Waals surface area contributed by atoms with E-state index in [1.165, 1.54) is 0 Å². The van der Waals surface area contributed by atoms with Gasteiger partial charge in [0.1, 0.15) is 0 Å². The second kappa shape index (κ2) is 5.24. The number of ether oxygens (including phenoxy) is 1. The highest BCUT2D eigenvalue weighted by Crippen LogP contribution is 2.19. The van der Waals surface area contributed by atoms with Crippen molar-refractivity contribution in [1.82, 2.24) is 15.1 Å².